The molecule has 160 valence electrons. The fraction of sp³-hybridized carbons (Fsp3) is 0.611. The number of anilines is 2. The number of aromatic nitrogens is 1. The summed E-state index contributed by atoms with van der Waals surface area (Å²) in [7, 11) is -4.76. The van der Waals surface area contributed by atoms with Crippen molar-refractivity contribution in [3.05, 3.63) is 18.3 Å². The van der Waals surface area contributed by atoms with E-state index in [0.29, 0.717) is 37.7 Å². The first-order valence-electron chi connectivity index (χ1n) is 9.37. The van der Waals surface area contributed by atoms with Gasteiger partial charge in [-0.05, 0) is 32.9 Å². The van der Waals surface area contributed by atoms with Crippen LogP contribution in [0.2, 0.25) is 0 Å². The average Bonchev–Trinajstić information content (AvgIpc) is 3.03. The van der Waals surface area contributed by atoms with Gasteiger partial charge in [0.05, 0.1) is 11.9 Å². The van der Waals surface area contributed by atoms with Gasteiger partial charge >= 0.3 is 16.3 Å². The Hall–Kier alpha value is -2.43. The molecule has 0 spiro atoms. The van der Waals surface area contributed by atoms with Crippen LogP contribution in [0, 0.1) is 0 Å². The standard InChI is InChI=1S/C18H25FN4O5S/c1-18(2,3)28-17(25)22-8-6-21(7-9-22)15-5-4-13(11-20-15)23-12-14(10-16(23)24)29(19,26)27/h4-5,11,14H,6-10,12H2,1-3H3. The zero-order valence-corrected chi connectivity index (χ0v) is 17.5. The molecule has 3 heterocycles. The van der Waals surface area contributed by atoms with Gasteiger partial charge in [-0.25, -0.2) is 9.78 Å². The number of rotatable bonds is 3. The largest absolute Gasteiger partial charge is 0.444 e. The van der Waals surface area contributed by atoms with Crippen LogP contribution in [0.1, 0.15) is 27.2 Å². The Balaban J connectivity index is 1.59. The summed E-state index contributed by atoms with van der Waals surface area (Å²) in [6, 6.07) is 3.39. The lowest BCUT2D eigenvalue weighted by molar-refractivity contribution is -0.117. The van der Waals surface area contributed by atoms with Gasteiger partial charge in [-0.2, -0.15) is 8.42 Å². The summed E-state index contributed by atoms with van der Waals surface area (Å²) in [6.45, 7) is 7.41. The second kappa shape index (κ2) is 7.77. The fourth-order valence-corrected chi connectivity index (χ4v) is 3.95. The van der Waals surface area contributed by atoms with Crippen LogP contribution < -0.4 is 9.80 Å². The molecule has 0 saturated carbocycles. The number of hydrogen-bond donors (Lipinski definition) is 0. The zero-order chi connectivity index (χ0) is 21.4. The highest BCUT2D eigenvalue weighted by molar-refractivity contribution is 7.87. The molecule has 0 aromatic carbocycles. The van der Waals surface area contributed by atoms with E-state index in [4.69, 9.17) is 4.74 Å². The second-order valence-electron chi connectivity index (χ2n) is 8.14. The summed E-state index contributed by atoms with van der Waals surface area (Å²) in [5, 5.41) is -1.34. The number of ether oxygens (including phenoxy) is 1. The van der Waals surface area contributed by atoms with E-state index >= 15 is 0 Å². The lowest BCUT2D eigenvalue weighted by Crippen LogP contribution is -2.50. The Morgan fingerprint density at radius 3 is 2.34 bits per heavy atom. The van der Waals surface area contributed by atoms with Gasteiger partial charge in [0.1, 0.15) is 16.7 Å². The molecule has 0 radical (unpaired) electrons. The molecule has 2 amide bonds. The third-order valence-corrected chi connectivity index (χ3v) is 5.90. The third-order valence-electron chi connectivity index (χ3n) is 4.79. The minimum atomic E-state index is -4.76. The minimum Gasteiger partial charge on any atom is -0.444 e. The van der Waals surface area contributed by atoms with E-state index in [1.807, 2.05) is 25.7 Å². The maximum atomic E-state index is 13.2. The van der Waals surface area contributed by atoms with Gasteiger partial charge in [-0.3, -0.25) is 4.79 Å². The molecule has 0 bridgehead atoms. The van der Waals surface area contributed by atoms with Gasteiger partial charge in [0.15, 0.2) is 0 Å². The van der Waals surface area contributed by atoms with Crippen molar-refractivity contribution < 1.29 is 26.6 Å². The molecular weight excluding hydrogens is 403 g/mol. The second-order valence-corrected chi connectivity index (χ2v) is 9.75. The molecule has 1 aromatic rings. The number of carbonyl (C=O) groups is 2. The molecule has 3 rings (SSSR count). The summed E-state index contributed by atoms with van der Waals surface area (Å²) in [5.74, 6) is 0.232. The Kier molecular flexibility index (Phi) is 5.70. The molecular formula is C18H25FN4O5S. The minimum absolute atomic E-state index is 0.215. The number of carbonyl (C=O) groups excluding carboxylic acids is 2. The van der Waals surface area contributed by atoms with Crippen LogP contribution in [0.3, 0.4) is 0 Å². The molecule has 1 aromatic heterocycles. The Bertz CT molecular complexity index is 877. The van der Waals surface area contributed by atoms with Crippen LogP contribution >= 0.6 is 0 Å². The Morgan fingerprint density at radius 2 is 1.86 bits per heavy atom. The van der Waals surface area contributed by atoms with Crippen molar-refractivity contribution in [2.45, 2.75) is 38.0 Å². The van der Waals surface area contributed by atoms with Crippen LogP contribution in [-0.4, -0.2) is 73.9 Å². The summed E-state index contributed by atoms with van der Waals surface area (Å²) >= 11 is 0. The van der Waals surface area contributed by atoms with E-state index < -0.39 is 27.0 Å². The average molecular weight is 428 g/mol. The van der Waals surface area contributed by atoms with Crippen LogP contribution in [0.5, 0.6) is 0 Å². The van der Waals surface area contributed by atoms with E-state index in [0.717, 1.165) is 0 Å². The molecule has 11 heteroatoms. The summed E-state index contributed by atoms with van der Waals surface area (Å²) in [5.41, 5.74) is -0.115. The van der Waals surface area contributed by atoms with Gasteiger partial charge in [0.2, 0.25) is 5.91 Å². The molecule has 1 atom stereocenters. The molecule has 2 fully saturated rings. The topological polar surface area (TPSA) is 100 Å². The number of pyridine rings is 1. The fourth-order valence-electron chi connectivity index (χ4n) is 3.28. The first kappa shape index (κ1) is 21.3. The number of piperazine rings is 1. The van der Waals surface area contributed by atoms with Crippen molar-refractivity contribution in [3.63, 3.8) is 0 Å². The molecule has 1 unspecified atom stereocenters. The van der Waals surface area contributed by atoms with Crippen LogP contribution in [0.4, 0.5) is 20.2 Å². The van der Waals surface area contributed by atoms with Gasteiger partial charge in [0, 0.05) is 39.1 Å². The summed E-state index contributed by atoms with van der Waals surface area (Å²) in [4.78, 5) is 33.4. The van der Waals surface area contributed by atoms with Gasteiger partial charge < -0.3 is 19.4 Å². The number of amides is 2. The van der Waals surface area contributed by atoms with Crippen LogP contribution in [-0.2, 0) is 19.8 Å². The van der Waals surface area contributed by atoms with Gasteiger partial charge in [0.25, 0.3) is 0 Å². The predicted molar refractivity (Wildman–Crippen MR) is 105 cm³/mol. The molecule has 0 N–H and O–H groups in total. The molecule has 9 nitrogen and oxygen atoms in total. The Labute approximate surface area is 169 Å². The molecule has 2 aliphatic heterocycles. The van der Waals surface area contributed by atoms with Crippen LogP contribution in [0.25, 0.3) is 0 Å². The zero-order valence-electron chi connectivity index (χ0n) is 16.7. The van der Waals surface area contributed by atoms with Gasteiger partial charge in [-0.1, -0.05) is 0 Å². The van der Waals surface area contributed by atoms with E-state index in [1.165, 1.54) is 11.1 Å². The van der Waals surface area contributed by atoms with Crippen molar-refractivity contribution in [1.82, 2.24) is 9.88 Å². The SMILES string of the molecule is CC(C)(C)OC(=O)N1CCN(c2ccc(N3CC(S(=O)(=O)F)CC3=O)cn2)CC1. The summed E-state index contributed by atoms with van der Waals surface area (Å²) in [6.07, 6.45) is 0.763. The van der Waals surface area contributed by atoms with E-state index in [1.54, 1.807) is 17.0 Å². The van der Waals surface area contributed by atoms with E-state index in [2.05, 4.69) is 4.98 Å². The summed E-state index contributed by atoms with van der Waals surface area (Å²) < 4.78 is 40.7. The molecule has 2 saturated heterocycles. The highest BCUT2D eigenvalue weighted by Crippen LogP contribution is 2.27. The van der Waals surface area contributed by atoms with Crippen LogP contribution in [0.15, 0.2) is 18.3 Å². The lowest BCUT2D eigenvalue weighted by Gasteiger charge is -2.36. The maximum Gasteiger partial charge on any atom is 0.410 e. The van der Waals surface area contributed by atoms with Crippen molar-refractivity contribution in [2.24, 2.45) is 0 Å². The predicted octanol–water partition coefficient (Wildman–Crippen LogP) is 1.54. The smallest absolute Gasteiger partial charge is 0.410 e. The van der Waals surface area contributed by atoms with E-state index in [9.17, 15) is 21.9 Å². The number of nitrogens with zero attached hydrogens (tertiary/aromatic N) is 4. The normalized spacial score (nSPS) is 20.9. The molecule has 0 aliphatic carbocycles. The van der Waals surface area contributed by atoms with Crippen molar-refractivity contribution >= 4 is 33.7 Å². The monoisotopic (exact) mass is 428 g/mol. The van der Waals surface area contributed by atoms with Crippen molar-refractivity contribution in [1.29, 1.82) is 0 Å². The molecule has 29 heavy (non-hydrogen) atoms. The van der Waals surface area contributed by atoms with Gasteiger partial charge in [-0.15, -0.1) is 3.89 Å². The highest BCUT2D eigenvalue weighted by atomic mass is 32.3. The van der Waals surface area contributed by atoms with Crippen molar-refractivity contribution in [2.75, 3.05) is 42.5 Å². The van der Waals surface area contributed by atoms with Crippen molar-refractivity contribution in [3.8, 4) is 0 Å². The van der Waals surface area contributed by atoms with E-state index in [-0.39, 0.29) is 19.1 Å². The highest BCUT2D eigenvalue weighted by Gasteiger charge is 2.39. The maximum absolute atomic E-state index is 13.2. The first-order chi connectivity index (χ1) is 13.4. The number of halogens is 1. The molecule has 2 aliphatic rings. The lowest BCUT2D eigenvalue weighted by atomic mass is 10.2. The third kappa shape index (κ3) is 5.14. The first-order valence-corrected chi connectivity index (χ1v) is 10.8. The Morgan fingerprint density at radius 1 is 1.21 bits per heavy atom. The quantitative estimate of drug-likeness (QED) is 0.673. The number of hydrogen-bond acceptors (Lipinski definition) is 7.